The monoisotopic (exact) mass is 286 g/mol. The Morgan fingerprint density at radius 2 is 1.90 bits per heavy atom. The van der Waals surface area contributed by atoms with Crippen LogP contribution in [0.25, 0.3) is 0 Å². The second-order valence-electron chi connectivity index (χ2n) is 4.84. The molecule has 1 N–H and O–H groups in total. The van der Waals surface area contributed by atoms with Crippen LogP contribution in [0.4, 0.5) is 15.8 Å². The Balaban J connectivity index is 2.41. The molecule has 0 bridgehead atoms. The van der Waals surface area contributed by atoms with E-state index in [1.807, 2.05) is 38.1 Å². The Morgan fingerprint density at radius 3 is 2.57 bits per heavy atom. The van der Waals surface area contributed by atoms with E-state index in [4.69, 9.17) is 0 Å². The highest BCUT2D eigenvalue weighted by Gasteiger charge is 2.20. The lowest BCUT2D eigenvalue weighted by Gasteiger charge is -2.21. The Morgan fingerprint density at radius 1 is 1.19 bits per heavy atom. The normalized spacial score (nSPS) is 10.3. The predicted molar refractivity (Wildman–Crippen MR) is 84.5 cm³/mol. The molecule has 0 radical (unpaired) electrons. The van der Waals surface area contributed by atoms with E-state index in [-0.39, 0.29) is 11.6 Å². The molecule has 0 heterocycles. The molecule has 0 unspecified atom stereocenters. The van der Waals surface area contributed by atoms with Gasteiger partial charge in [-0.05, 0) is 37.6 Å². The van der Waals surface area contributed by atoms with Gasteiger partial charge in [-0.15, -0.1) is 0 Å². The fourth-order valence-electron chi connectivity index (χ4n) is 2.29. The molecular formula is C17H19FN2O. The smallest absolute Gasteiger partial charge is 0.260 e. The van der Waals surface area contributed by atoms with E-state index < -0.39 is 5.82 Å². The Labute approximate surface area is 124 Å². The summed E-state index contributed by atoms with van der Waals surface area (Å²) >= 11 is 0. The number of benzene rings is 2. The van der Waals surface area contributed by atoms with Gasteiger partial charge >= 0.3 is 0 Å². The van der Waals surface area contributed by atoms with Gasteiger partial charge in [0, 0.05) is 19.3 Å². The van der Waals surface area contributed by atoms with Crippen molar-refractivity contribution >= 4 is 17.3 Å². The summed E-state index contributed by atoms with van der Waals surface area (Å²) < 4.78 is 13.9. The van der Waals surface area contributed by atoms with Crippen molar-refractivity contribution < 1.29 is 9.18 Å². The van der Waals surface area contributed by atoms with Crippen LogP contribution in [0.3, 0.4) is 0 Å². The molecular weight excluding hydrogens is 267 g/mol. The topological polar surface area (TPSA) is 32.3 Å². The molecule has 21 heavy (non-hydrogen) atoms. The molecule has 2 rings (SSSR count). The number of hydrogen-bond acceptors (Lipinski definition) is 2. The molecule has 0 aliphatic rings. The number of rotatable bonds is 4. The van der Waals surface area contributed by atoms with Gasteiger partial charge in [-0.25, -0.2) is 4.39 Å². The van der Waals surface area contributed by atoms with Gasteiger partial charge in [0.2, 0.25) is 0 Å². The minimum Gasteiger partial charge on any atom is -0.382 e. The van der Waals surface area contributed by atoms with Crippen molar-refractivity contribution in [2.24, 2.45) is 0 Å². The van der Waals surface area contributed by atoms with Crippen LogP contribution in [0.5, 0.6) is 0 Å². The van der Waals surface area contributed by atoms with E-state index >= 15 is 0 Å². The van der Waals surface area contributed by atoms with Crippen molar-refractivity contribution in [2.75, 3.05) is 23.8 Å². The first-order valence-electron chi connectivity index (χ1n) is 6.92. The molecule has 2 aromatic carbocycles. The molecule has 0 aliphatic heterocycles. The molecule has 2 aromatic rings. The van der Waals surface area contributed by atoms with Gasteiger partial charge in [0.25, 0.3) is 5.91 Å². The van der Waals surface area contributed by atoms with E-state index in [1.54, 1.807) is 24.1 Å². The number of nitrogens with one attached hydrogen (secondary N) is 1. The lowest BCUT2D eigenvalue weighted by Crippen LogP contribution is -2.28. The summed E-state index contributed by atoms with van der Waals surface area (Å²) in [7, 11) is 1.70. The van der Waals surface area contributed by atoms with Crippen LogP contribution in [0.1, 0.15) is 22.8 Å². The first-order valence-corrected chi connectivity index (χ1v) is 6.92. The molecule has 4 heteroatoms. The maximum Gasteiger partial charge on any atom is 0.260 e. The number of hydrogen-bond donors (Lipinski definition) is 1. The number of nitrogens with zero attached hydrogens (tertiary/aromatic N) is 1. The fraction of sp³-hybridized carbons (Fsp3) is 0.235. The van der Waals surface area contributed by atoms with Crippen LogP contribution in [-0.4, -0.2) is 19.5 Å². The highest BCUT2D eigenvalue weighted by Crippen LogP contribution is 2.25. The second kappa shape index (κ2) is 6.39. The summed E-state index contributed by atoms with van der Waals surface area (Å²) in [5, 5.41) is 2.92. The van der Waals surface area contributed by atoms with Crippen LogP contribution in [0.2, 0.25) is 0 Å². The Bertz CT molecular complexity index is 655. The fourth-order valence-corrected chi connectivity index (χ4v) is 2.29. The quantitative estimate of drug-likeness (QED) is 0.926. The number of para-hydroxylation sites is 2. The number of halogens is 1. The van der Waals surface area contributed by atoms with Gasteiger partial charge in [0.1, 0.15) is 5.82 Å². The SMILES string of the molecule is CCNc1c(F)cccc1C(=O)N(C)c1ccccc1C. The summed E-state index contributed by atoms with van der Waals surface area (Å²) in [6.45, 7) is 4.36. The van der Waals surface area contributed by atoms with Gasteiger partial charge in [0.05, 0.1) is 11.3 Å². The predicted octanol–water partition coefficient (Wildman–Crippen LogP) is 3.84. The summed E-state index contributed by atoms with van der Waals surface area (Å²) in [6.07, 6.45) is 0. The molecule has 0 fully saturated rings. The summed E-state index contributed by atoms with van der Waals surface area (Å²) in [4.78, 5) is 14.2. The molecule has 1 amide bonds. The second-order valence-corrected chi connectivity index (χ2v) is 4.84. The average Bonchev–Trinajstić information content (AvgIpc) is 2.48. The molecule has 0 spiro atoms. The number of aryl methyl sites for hydroxylation is 1. The number of carbonyl (C=O) groups excluding carboxylic acids is 1. The lowest BCUT2D eigenvalue weighted by atomic mass is 10.1. The van der Waals surface area contributed by atoms with Crippen molar-refractivity contribution in [3.05, 3.63) is 59.4 Å². The molecule has 0 aromatic heterocycles. The van der Waals surface area contributed by atoms with E-state index in [0.717, 1.165) is 11.3 Å². The number of amides is 1. The lowest BCUT2D eigenvalue weighted by molar-refractivity contribution is 0.0993. The minimum absolute atomic E-state index is 0.236. The molecule has 110 valence electrons. The van der Waals surface area contributed by atoms with Crippen LogP contribution >= 0.6 is 0 Å². The van der Waals surface area contributed by atoms with E-state index in [9.17, 15) is 9.18 Å². The van der Waals surface area contributed by atoms with Gasteiger partial charge in [-0.2, -0.15) is 0 Å². The standard InChI is InChI=1S/C17H19FN2O/c1-4-19-16-13(9-7-10-14(16)18)17(21)20(3)15-11-6-5-8-12(15)2/h5-11,19H,4H2,1-3H3. The summed E-state index contributed by atoms with van der Waals surface area (Å²) in [6, 6.07) is 12.2. The number of carbonyl (C=O) groups is 1. The van der Waals surface area contributed by atoms with Gasteiger partial charge in [-0.1, -0.05) is 24.3 Å². The third kappa shape index (κ3) is 3.05. The zero-order valence-corrected chi connectivity index (χ0v) is 12.5. The van der Waals surface area contributed by atoms with Crippen LogP contribution in [-0.2, 0) is 0 Å². The maximum atomic E-state index is 13.9. The van der Waals surface area contributed by atoms with E-state index in [0.29, 0.717) is 12.1 Å². The number of anilines is 2. The first-order chi connectivity index (χ1) is 10.1. The highest BCUT2D eigenvalue weighted by atomic mass is 19.1. The van der Waals surface area contributed by atoms with Crippen LogP contribution < -0.4 is 10.2 Å². The third-order valence-electron chi connectivity index (χ3n) is 3.38. The molecule has 3 nitrogen and oxygen atoms in total. The van der Waals surface area contributed by atoms with Crippen molar-refractivity contribution in [2.45, 2.75) is 13.8 Å². The van der Waals surface area contributed by atoms with Crippen molar-refractivity contribution in [3.8, 4) is 0 Å². The van der Waals surface area contributed by atoms with Crippen molar-refractivity contribution in [1.29, 1.82) is 0 Å². The van der Waals surface area contributed by atoms with Crippen molar-refractivity contribution in [1.82, 2.24) is 0 Å². The Kier molecular flexibility index (Phi) is 4.58. The van der Waals surface area contributed by atoms with Gasteiger partial charge in [-0.3, -0.25) is 4.79 Å². The average molecular weight is 286 g/mol. The molecule has 0 aliphatic carbocycles. The Hall–Kier alpha value is -2.36. The van der Waals surface area contributed by atoms with E-state index in [1.165, 1.54) is 6.07 Å². The largest absolute Gasteiger partial charge is 0.382 e. The van der Waals surface area contributed by atoms with Crippen LogP contribution in [0.15, 0.2) is 42.5 Å². The van der Waals surface area contributed by atoms with Gasteiger partial charge < -0.3 is 10.2 Å². The molecule has 0 saturated carbocycles. The zero-order chi connectivity index (χ0) is 15.4. The zero-order valence-electron chi connectivity index (χ0n) is 12.5. The molecule has 0 saturated heterocycles. The summed E-state index contributed by atoms with van der Waals surface area (Å²) in [5.74, 6) is -0.652. The van der Waals surface area contributed by atoms with Gasteiger partial charge in [0.15, 0.2) is 0 Å². The van der Waals surface area contributed by atoms with E-state index in [2.05, 4.69) is 5.32 Å². The summed E-state index contributed by atoms with van der Waals surface area (Å²) in [5.41, 5.74) is 2.40. The maximum absolute atomic E-state index is 13.9. The minimum atomic E-state index is -0.416. The molecule has 0 atom stereocenters. The van der Waals surface area contributed by atoms with Crippen molar-refractivity contribution in [3.63, 3.8) is 0 Å². The van der Waals surface area contributed by atoms with Crippen LogP contribution in [0, 0.1) is 12.7 Å². The highest BCUT2D eigenvalue weighted by molar-refractivity contribution is 6.09. The first kappa shape index (κ1) is 15.0. The third-order valence-corrected chi connectivity index (χ3v) is 3.38.